The maximum atomic E-state index is 6.15. The highest BCUT2D eigenvalue weighted by Crippen LogP contribution is 2.32. The van der Waals surface area contributed by atoms with Gasteiger partial charge in [0.05, 0.1) is 10.4 Å². The van der Waals surface area contributed by atoms with E-state index in [1.807, 2.05) is 27.7 Å². The summed E-state index contributed by atoms with van der Waals surface area (Å²) >= 11 is 5.79. The second-order valence-corrected chi connectivity index (χ2v) is 6.07. The van der Waals surface area contributed by atoms with E-state index in [2.05, 4.69) is 15.1 Å². The van der Waals surface area contributed by atoms with Crippen molar-refractivity contribution in [1.29, 1.82) is 0 Å². The van der Waals surface area contributed by atoms with Gasteiger partial charge in [0.1, 0.15) is 5.69 Å². The molecule has 0 aliphatic rings. The largest absolute Gasteiger partial charge is 0.338 e. The van der Waals surface area contributed by atoms with Gasteiger partial charge in [0.15, 0.2) is 0 Å². The summed E-state index contributed by atoms with van der Waals surface area (Å²) in [4.78, 5) is 8.54. The van der Waals surface area contributed by atoms with E-state index in [1.54, 1.807) is 18.3 Å². The molecule has 0 atom stereocenters. The molecule has 0 fully saturated rings. The first-order valence-electron chi connectivity index (χ1n) is 5.97. The zero-order valence-electron chi connectivity index (χ0n) is 11.4. The molecule has 0 aromatic carbocycles. The van der Waals surface area contributed by atoms with E-state index >= 15 is 0 Å². The van der Waals surface area contributed by atoms with Crippen molar-refractivity contribution in [2.45, 2.75) is 38.6 Å². The third-order valence-corrected chi connectivity index (χ3v) is 3.75. The smallest absolute Gasteiger partial charge is 0.234 e. The van der Waals surface area contributed by atoms with Crippen LogP contribution in [0.3, 0.4) is 0 Å². The average molecular weight is 281 g/mol. The molecule has 0 saturated carbocycles. The summed E-state index contributed by atoms with van der Waals surface area (Å²) in [6.45, 7) is 7.80. The Bertz CT molecular complexity index is 569. The van der Waals surface area contributed by atoms with Gasteiger partial charge in [0.2, 0.25) is 11.7 Å². The minimum Gasteiger partial charge on any atom is -0.338 e. The van der Waals surface area contributed by atoms with Gasteiger partial charge < -0.3 is 10.3 Å². The van der Waals surface area contributed by atoms with Crippen LogP contribution in [0.1, 0.15) is 33.6 Å². The maximum absolute atomic E-state index is 6.15. The van der Waals surface area contributed by atoms with Crippen LogP contribution in [0.15, 0.2) is 22.9 Å². The SMILES string of the molecule is CC(C)(N)C(C)(C)c1nc(-c2ccc(Cl)cn2)no1. The first-order chi connectivity index (χ1) is 8.72. The molecule has 2 N–H and O–H groups in total. The topological polar surface area (TPSA) is 77.8 Å². The van der Waals surface area contributed by atoms with Crippen molar-refractivity contribution in [3.63, 3.8) is 0 Å². The van der Waals surface area contributed by atoms with Gasteiger partial charge >= 0.3 is 0 Å². The Morgan fingerprint density at radius 1 is 1.21 bits per heavy atom. The van der Waals surface area contributed by atoms with E-state index in [0.29, 0.717) is 22.4 Å². The van der Waals surface area contributed by atoms with Crippen molar-refractivity contribution < 1.29 is 4.52 Å². The molecule has 102 valence electrons. The molecule has 19 heavy (non-hydrogen) atoms. The number of nitrogens with two attached hydrogens (primary N) is 1. The van der Waals surface area contributed by atoms with Crippen molar-refractivity contribution >= 4 is 11.6 Å². The Balaban J connectivity index is 2.37. The van der Waals surface area contributed by atoms with Gasteiger partial charge in [-0.1, -0.05) is 16.8 Å². The summed E-state index contributed by atoms with van der Waals surface area (Å²) in [5.74, 6) is 0.927. The number of nitrogens with zero attached hydrogens (tertiary/aromatic N) is 3. The Labute approximate surface area is 117 Å². The van der Waals surface area contributed by atoms with Crippen LogP contribution in [-0.2, 0) is 5.41 Å². The van der Waals surface area contributed by atoms with Crippen molar-refractivity contribution in [3.05, 3.63) is 29.2 Å². The van der Waals surface area contributed by atoms with Crippen LogP contribution in [-0.4, -0.2) is 20.7 Å². The van der Waals surface area contributed by atoms with Crippen molar-refractivity contribution in [2.75, 3.05) is 0 Å². The number of halogens is 1. The predicted molar refractivity (Wildman–Crippen MR) is 73.8 cm³/mol. The molecule has 0 radical (unpaired) electrons. The van der Waals surface area contributed by atoms with E-state index in [1.165, 1.54) is 0 Å². The average Bonchev–Trinajstić information content (AvgIpc) is 2.78. The number of hydrogen-bond acceptors (Lipinski definition) is 5. The summed E-state index contributed by atoms with van der Waals surface area (Å²) in [5, 5.41) is 4.51. The van der Waals surface area contributed by atoms with Crippen LogP contribution in [0.25, 0.3) is 11.5 Å². The summed E-state index contributed by atoms with van der Waals surface area (Å²) in [5.41, 5.74) is 5.85. The molecular formula is C13H17ClN4O. The predicted octanol–water partition coefficient (Wildman–Crippen LogP) is 2.80. The fourth-order valence-corrected chi connectivity index (χ4v) is 1.48. The van der Waals surface area contributed by atoms with Crippen molar-refractivity contribution in [3.8, 4) is 11.5 Å². The molecule has 0 aliphatic carbocycles. The summed E-state index contributed by atoms with van der Waals surface area (Å²) in [6, 6.07) is 3.48. The van der Waals surface area contributed by atoms with Crippen LogP contribution in [0.4, 0.5) is 0 Å². The second kappa shape index (κ2) is 4.58. The van der Waals surface area contributed by atoms with E-state index in [0.717, 1.165) is 0 Å². The van der Waals surface area contributed by atoms with Crippen molar-refractivity contribution in [1.82, 2.24) is 15.1 Å². The fraction of sp³-hybridized carbons (Fsp3) is 0.462. The molecule has 5 nitrogen and oxygen atoms in total. The Morgan fingerprint density at radius 3 is 2.42 bits per heavy atom. The van der Waals surface area contributed by atoms with Gasteiger partial charge in [-0.05, 0) is 39.8 Å². The maximum Gasteiger partial charge on any atom is 0.234 e. The monoisotopic (exact) mass is 280 g/mol. The minimum atomic E-state index is -0.482. The quantitative estimate of drug-likeness (QED) is 0.935. The standard InChI is InChI=1S/C13H17ClN4O/c1-12(2,13(3,4)15)11-17-10(18-19-11)9-6-5-8(14)7-16-9/h5-7H,15H2,1-4H3. The second-order valence-electron chi connectivity index (χ2n) is 5.63. The van der Waals surface area contributed by atoms with Gasteiger partial charge in [-0.25, -0.2) is 0 Å². The van der Waals surface area contributed by atoms with E-state index in [9.17, 15) is 0 Å². The highest BCUT2D eigenvalue weighted by molar-refractivity contribution is 6.30. The molecule has 6 heteroatoms. The molecular weight excluding hydrogens is 264 g/mol. The lowest BCUT2D eigenvalue weighted by Gasteiger charge is -2.34. The Kier molecular flexibility index (Phi) is 3.36. The number of rotatable bonds is 3. The van der Waals surface area contributed by atoms with Crippen LogP contribution < -0.4 is 5.73 Å². The van der Waals surface area contributed by atoms with Crippen LogP contribution >= 0.6 is 11.6 Å². The van der Waals surface area contributed by atoms with E-state index in [-0.39, 0.29) is 0 Å². The molecule has 2 heterocycles. The first-order valence-corrected chi connectivity index (χ1v) is 6.34. The molecule has 0 bridgehead atoms. The van der Waals surface area contributed by atoms with Crippen molar-refractivity contribution in [2.24, 2.45) is 5.73 Å². The lowest BCUT2D eigenvalue weighted by atomic mass is 9.75. The van der Waals surface area contributed by atoms with Gasteiger partial charge in [-0.3, -0.25) is 4.98 Å². The van der Waals surface area contributed by atoms with Gasteiger partial charge in [-0.2, -0.15) is 4.98 Å². The third kappa shape index (κ3) is 2.62. The molecule has 2 rings (SSSR count). The lowest BCUT2D eigenvalue weighted by molar-refractivity contribution is 0.223. The lowest BCUT2D eigenvalue weighted by Crippen LogP contribution is -2.50. The van der Waals surface area contributed by atoms with Gasteiger partial charge in [-0.15, -0.1) is 0 Å². The zero-order chi connectivity index (χ0) is 14.3. The molecule has 0 amide bonds. The fourth-order valence-electron chi connectivity index (χ4n) is 1.37. The summed E-state index contributed by atoms with van der Waals surface area (Å²) < 4.78 is 5.33. The van der Waals surface area contributed by atoms with Gasteiger partial charge in [0, 0.05) is 11.7 Å². The number of hydrogen-bond donors (Lipinski definition) is 1. The molecule has 2 aromatic rings. The Morgan fingerprint density at radius 2 is 1.89 bits per heavy atom. The number of pyridine rings is 1. The first kappa shape index (κ1) is 14.0. The molecule has 0 saturated heterocycles. The van der Waals surface area contributed by atoms with Crippen LogP contribution in [0.5, 0.6) is 0 Å². The summed E-state index contributed by atoms with van der Waals surface area (Å²) in [6.07, 6.45) is 1.55. The van der Waals surface area contributed by atoms with E-state index < -0.39 is 11.0 Å². The molecule has 0 spiro atoms. The molecule has 2 aromatic heterocycles. The highest BCUT2D eigenvalue weighted by Gasteiger charge is 2.40. The molecule has 0 unspecified atom stereocenters. The number of aromatic nitrogens is 3. The van der Waals surface area contributed by atoms with Gasteiger partial charge in [0.25, 0.3) is 0 Å². The van der Waals surface area contributed by atoms with Crippen LogP contribution in [0, 0.1) is 0 Å². The highest BCUT2D eigenvalue weighted by atomic mass is 35.5. The Hall–Kier alpha value is -1.46. The normalized spacial score (nSPS) is 12.7. The summed E-state index contributed by atoms with van der Waals surface area (Å²) in [7, 11) is 0. The third-order valence-electron chi connectivity index (χ3n) is 3.53. The van der Waals surface area contributed by atoms with Crippen LogP contribution in [0.2, 0.25) is 5.02 Å². The van der Waals surface area contributed by atoms with E-state index in [4.69, 9.17) is 21.9 Å². The zero-order valence-corrected chi connectivity index (χ0v) is 12.2. The molecule has 0 aliphatic heterocycles. The minimum absolute atomic E-state index is 0.434.